The average molecular weight is 281 g/mol. The minimum absolute atomic E-state index is 0.317. The quantitative estimate of drug-likeness (QED) is 0.872. The molecule has 0 aliphatic rings. The van der Waals surface area contributed by atoms with Crippen LogP contribution in [0.5, 0.6) is 0 Å². The molecule has 6 heteroatoms. The first-order valence-electron chi connectivity index (χ1n) is 5.84. The first-order valence-corrected chi connectivity index (χ1v) is 6.65. The Bertz CT molecular complexity index is 590. The highest BCUT2D eigenvalue weighted by atomic mass is 32.2. The van der Waals surface area contributed by atoms with Crippen LogP contribution in [-0.2, 0) is 6.42 Å². The van der Waals surface area contributed by atoms with Crippen LogP contribution in [-0.4, -0.2) is 9.97 Å². The Kier molecular flexibility index (Phi) is 4.31. The van der Waals surface area contributed by atoms with Gasteiger partial charge in [-0.05, 0) is 18.6 Å². The zero-order valence-electron chi connectivity index (χ0n) is 10.4. The van der Waals surface area contributed by atoms with Crippen LogP contribution in [0.4, 0.5) is 14.6 Å². The molecule has 3 nitrogen and oxygen atoms in total. The van der Waals surface area contributed by atoms with Gasteiger partial charge in [-0.15, -0.1) is 0 Å². The third-order valence-corrected chi connectivity index (χ3v) is 3.64. The number of nitrogen functional groups attached to an aromatic ring is 1. The zero-order valence-corrected chi connectivity index (χ0v) is 11.2. The zero-order chi connectivity index (χ0) is 13.8. The van der Waals surface area contributed by atoms with Gasteiger partial charge in [-0.2, -0.15) is 0 Å². The maximum absolute atomic E-state index is 13.6. The number of anilines is 1. The molecule has 0 fully saturated rings. The molecule has 0 spiro atoms. The number of benzene rings is 1. The number of hydrogen-bond acceptors (Lipinski definition) is 4. The predicted molar refractivity (Wildman–Crippen MR) is 70.9 cm³/mol. The fourth-order valence-corrected chi connectivity index (χ4v) is 2.57. The minimum atomic E-state index is -0.607. The van der Waals surface area contributed by atoms with E-state index in [4.69, 9.17) is 5.73 Å². The molecule has 0 saturated heterocycles. The molecule has 0 saturated carbocycles. The van der Waals surface area contributed by atoms with Gasteiger partial charge in [-0.3, -0.25) is 0 Å². The van der Waals surface area contributed by atoms with Crippen molar-refractivity contribution in [1.29, 1.82) is 0 Å². The van der Waals surface area contributed by atoms with Crippen LogP contribution < -0.4 is 5.73 Å². The summed E-state index contributed by atoms with van der Waals surface area (Å²) in [6.07, 6.45) is 2.95. The third-order valence-electron chi connectivity index (χ3n) is 2.54. The van der Waals surface area contributed by atoms with Crippen molar-refractivity contribution in [2.75, 3.05) is 5.73 Å². The second-order valence-corrected chi connectivity index (χ2v) is 5.00. The summed E-state index contributed by atoms with van der Waals surface area (Å²) in [6.45, 7) is 2.01. The van der Waals surface area contributed by atoms with E-state index in [1.807, 2.05) is 6.92 Å². The summed E-state index contributed by atoms with van der Waals surface area (Å²) >= 11 is 1.13. The van der Waals surface area contributed by atoms with E-state index in [1.165, 1.54) is 18.5 Å². The molecule has 1 aromatic carbocycles. The normalized spacial score (nSPS) is 10.7. The Balaban J connectivity index is 2.35. The summed E-state index contributed by atoms with van der Waals surface area (Å²) in [5.74, 6) is -0.802. The Morgan fingerprint density at radius 3 is 2.74 bits per heavy atom. The van der Waals surface area contributed by atoms with Crippen molar-refractivity contribution in [2.45, 2.75) is 29.7 Å². The fraction of sp³-hybridized carbons (Fsp3) is 0.231. The first kappa shape index (κ1) is 13.7. The number of nitrogens with two attached hydrogens (primary N) is 1. The summed E-state index contributed by atoms with van der Waals surface area (Å²) in [4.78, 5) is 8.38. The van der Waals surface area contributed by atoms with Gasteiger partial charge < -0.3 is 5.73 Å². The van der Waals surface area contributed by atoms with Gasteiger partial charge in [-0.25, -0.2) is 18.7 Å². The summed E-state index contributed by atoms with van der Waals surface area (Å²) < 4.78 is 26.5. The summed E-state index contributed by atoms with van der Waals surface area (Å²) in [7, 11) is 0. The van der Waals surface area contributed by atoms with Crippen molar-refractivity contribution in [3.05, 3.63) is 41.7 Å². The molecule has 19 heavy (non-hydrogen) atoms. The molecule has 0 amide bonds. The maximum Gasteiger partial charge on any atom is 0.140 e. The van der Waals surface area contributed by atoms with Crippen molar-refractivity contribution >= 4 is 17.6 Å². The number of rotatable bonds is 4. The Hall–Kier alpha value is -1.69. The highest BCUT2D eigenvalue weighted by molar-refractivity contribution is 7.99. The van der Waals surface area contributed by atoms with Crippen LogP contribution >= 0.6 is 11.8 Å². The van der Waals surface area contributed by atoms with Crippen molar-refractivity contribution in [2.24, 2.45) is 0 Å². The molecule has 1 heterocycles. The molecular weight excluding hydrogens is 268 g/mol. The third kappa shape index (κ3) is 3.20. The minimum Gasteiger partial charge on any atom is -0.383 e. The summed E-state index contributed by atoms with van der Waals surface area (Å²) in [5.41, 5.74) is 6.61. The molecule has 100 valence electrons. The Morgan fingerprint density at radius 1 is 1.26 bits per heavy atom. The van der Waals surface area contributed by atoms with E-state index >= 15 is 0 Å². The molecule has 0 radical (unpaired) electrons. The molecule has 0 bridgehead atoms. The first-order chi connectivity index (χ1) is 9.11. The molecule has 2 aromatic rings. The Labute approximate surface area is 114 Å². The second kappa shape index (κ2) is 5.97. The number of hydrogen-bond donors (Lipinski definition) is 1. The van der Waals surface area contributed by atoms with Crippen molar-refractivity contribution in [3.63, 3.8) is 0 Å². The molecule has 0 unspecified atom stereocenters. The molecule has 2 rings (SSSR count). The van der Waals surface area contributed by atoms with Crippen LogP contribution in [0.1, 0.15) is 18.9 Å². The van der Waals surface area contributed by atoms with Gasteiger partial charge in [0.05, 0.1) is 0 Å². The molecule has 0 aliphatic heterocycles. The highest BCUT2D eigenvalue weighted by Crippen LogP contribution is 2.32. The molecule has 1 aromatic heterocycles. The van der Waals surface area contributed by atoms with Crippen molar-refractivity contribution < 1.29 is 8.78 Å². The lowest BCUT2D eigenvalue weighted by atomic mass is 10.2. The monoisotopic (exact) mass is 281 g/mol. The second-order valence-electron chi connectivity index (χ2n) is 3.97. The van der Waals surface area contributed by atoms with Crippen LogP contribution in [0, 0.1) is 11.6 Å². The number of nitrogens with zero attached hydrogens (tertiary/aromatic N) is 2. The smallest absolute Gasteiger partial charge is 0.140 e. The molecular formula is C13H13F2N3S. The van der Waals surface area contributed by atoms with E-state index in [0.717, 1.165) is 36.2 Å². The lowest BCUT2D eigenvalue weighted by Gasteiger charge is -2.09. The molecule has 0 aliphatic carbocycles. The van der Waals surface area contributed by atoms with Crippen LogP contribution in [0.15, 0.2) is 34.4 Å². The number of halogens is 2. The Morgan fingerprint density at radius 2 is 2.05 bits per heavy atom. The van der Waals surface area contributed by atoms with Gasteiger partial charge in [-0.1, -0.05) is 25.1 Å². The van der Waals surface area contributed by atoms with E-state index in [0.29, 0.717) is 15.7 Å². The van der Waals surface area contributed by atoms with Gasteiger partial charge in [0, 0.05) is 16.5 Å². The topological polar surface area (TPSA) is 51.8 Å². The van der Waals surface area contributed by atoms with E-state index in [9.17, 15) is 8.78 Å². The van der Waals surface area contributed by atoms with E-state index < -0.39 is 11.6 Å². The van der Waals surface area contributed by atoms with Gasteiger partial charge in [0.1, 0.15) is 28.8 Å². The molecule has 2 N–H and O–H groups in total. The average Bonchev–Trinajstić information content (AvgIpc) is 2.37. The van der Waals surface area contributed by atoms with Crippen LogP contribution in [0.3, 0.4) is 0 Å². The molecule has 0 atom stereocenters. The summed E-state index contributed by atoms with van der Waals surface area (Å²) in [5, 5.41) is 0.611. The maximum atomic E-state index is 13.6. The van der Waals surface area contributed by atoms with Crippen molar-refractivity contribution in [3.8, 4) is 0 Å². The standard InChI is InChI=1S/C13H13F2N3S/c1-2-3-9-12(16)17-7-18-13(9)19-11-5-4-8(14)6-10(11)15/h4-7H,2-3H2,1H3,(H2,16,17,18). The summed E-state index contributed by atoms with van der Waals surface area (Å²) in [6, 6.07) is 3.46. The van der Waals surface area contributed by atoms with Gasteiger partial charge in [0.15, 0.2) is 0 Å². The van der Waals surface area contributed by atoms with Gasteiger partial charge >= 0.3 is 0 Å². The highest BCUT2D eigenvalue weighted by Gasteiger charge is 2.12. The van der Waals surface area contributed by atoms with E-state index in [-0.39, 0.29) is 0 Å². The van der Waals surface area contributed by atoms with Crippen LogP contribution in [0.25, 0.3) is 0 Å². The lowest BCUT2D eigenvalue weighted by Crippen LogP contribution is -2.01. The van der Waals surface area contributed by atoms with Crippen LogP contribution in [0.2, 0.25) is 0 Å². The largest absolute Gasteiger partial charge is 0.383 e. The van der Waals surface area contributed by atoms with E-state index in [2.05, 4.69) is 9.97 Å². The number of aromatic nitrogens is 2. The van der Waals surface area contributed by atoms with Gasteiger partial charge in [0.25, 0.3) is 0 Å². The van der Waals surface area contributed by atoms with E-state index in [1.54, 1.807) is 0 Å². The SMILES string of the molecule is CCCc1c(N)ncnc1Sc1ccc(F)cc1F. The van der Waals surface area contributed by atoms with Gasteiger partial charge in [0.2, 0.25) is 0 Å². The lowest BCUT2D eigenvalue weighted by molar-refractivity contribution is 0.565. The van der Waals surface area contributed by atoms with Crippen molar-refractivity contribution in [1.82, 2.24) is 9.97 Å². The fourth-order valence-electron chi connectivity index (χ4n) is 1.64. The predicted octanol–water partition coefficient (Wildman–Crippen LogP) is 3.44.